The van der Waals surface area contributed by atoms with Crippen LogP contribution in [0, 0.1) is 5.92 Å². The van der Waals surface area contributed by atoms with E-state index in [0.29, 0.717) is 5.92 Å². The average Bonchev–Trinajstić information content (AvgIpc) is 3.29. The van der Waals surface area contributed by atoms with Gasteiger partial charge < -0.3 is 10.1 Å². The largest absolute Gasteiger partial charge is 0.373 e. The van der Waals surface area contributed by atoms with Crippen LogP contribution >= 0.6 is 0 Å². The number of hydrogen-bond acceptors (Lipinski definition) is 6. The summed E-state index contributed by atoms with van der Waals surface area (Å²) >= 11 is 0. The predicted octanol–water partition coefficient (Wildman–Crippen LogP) is 1.99. The van der Waals surface area contributed by atoms with E-state index in [1.54, 1.807) is 4.52 Å². The number of H-pyrrole nitrogens is 1. The minimum atomic E-state index is 0.0786. The molecule has 8 heteroatoms. The highest BCUT2D eigenvalue weighted by Gasteiger charge is 2.28. The smallest absolute Gasteiger partial charge is 0.178 e. The highest BCUT2D eigenvalue weighted by atomic mass is 16.5. The molecule has 1 saturated heterocycles. The number of anilines is 1. The second-order valence-electron chi connectivity index (χ2n) is 6.06. The quantitative estimate of drug-likeness (QED) is 0.744. The van der Waals surface area contributed by atoms with Gasteiger partial charge in [-0.15, -0.1) is 15.3 Å². The monoisotopic (exact) mass is 327 g/mol. The zero-order chi connectivity index (χ0) is 16.4. The molecule has 1 aliphatic rings. The van der Waals surface area contributed by atoms with Crippen LogP contribution < -0.4 is 5.32 Å². The third-order valence-corrected chi connectivity index (χ3v) is 4.48. The molecule has 0 aromatic carbocycles. The van der Waals surface area contributed by atoms with E-state index in [1.165, 1.54) is 0 Å². The molecule has 0 saturated carbocycles. The van der Waals surface area contributed by atoms with Gasteiger partial charge in [0.05, 0.1) is 12.3 Å². The second-order valence-corrected chi connectivity index (χ2v) is 6.06. The maximum absolute atomic E-state index is 5.97. The van der Waals surface area contributed by atoms with E-state index in [2.05, 4.69) is 30.8 Å². The summed E-state index contributed by atoms with van der Waals surface area (Å²) in [5.41, 5.74) is 1.88. The van der Waals surface area contributed by atoms with Crippen molar-refractivity contribution in [1.82, 2.24) is 30.0 Å². The van der Waals surface area contributed by atoms with Crippen molar-refractivity contribution in [3.63, 3.8) is 0 Å². The fourth-order valence-electron chi connectivity index (χ4n) is 3.22. The molecule has 3 aromatic heterocycles. The molecule has 0 spiro atoms. The normalized spacial score (nSPS) is 21.2. The molecule has 1 fully saturated rings. The number of fused-ring (bicyclic) bond motifs is 1. The van der Waals surface area contributed by atoms with Gasteiger partial charge >= 0.3 is 0 Å². The molecule has 24 heavy (non-hydrogen) atoms. The number of aromatic amines is 1. The lowest BCUT2D eigenvalue weighted by Gasteiger charge is -2.31. The Morgan fingerprint density at radius 2 is 2.33 bits per heavy atom. The average molecular weight is 327 g/mol. The molecule has 0 bridgehead atoms. The zero-order valence-electron chi connectivity index (χ0n) is 13.6. The van der Waals surface area contributed by atoms with Gasteiger partial charge in [0.1, 0.15) is 5.82 Å². The molecule has 2 N–H and O–H groups in total. The van der Waals surface area contributed by atoms with Gasteiger partial charge in [-0.25, -0.2) is 0 Å². The van der Waals surface area contributed by atoms with Crippen molar-refractivity contribution in [3.05, 3.63) is 35.9 Å². The Kier molecular flexibility index (Phi) is 4.12. The van der Waals surface area contributed by atoms with Crippen molar-refractivity contribution < 1.29 is 4.74 Å². The first kappa shape index (κ1) is 15.1. The van der Waals surface area contributed by atoms with E-state index >= 15 is 0 Å². The molecular weight excluding hydrogens is 306 g/mol. The number of ether oxygens (including phenoxy) is 1. The molecule has 1 aliphatic heterocycles. The van der Waals surface area contributed by atoms with Gasteiger partial charge in [0.2, 0.25) is 0 Å². The van der Waals surface area contributed by atoms with Crippen molar-refractivity contribution in [2.75, 3.05) is 18.5 Å². The van der Waals surface area contributed by atoms with Crippen LogP contribution in [-0.2, 0) is 11.2 Å². The van der Waals surface area contributed by atoms with E-state index < -0.39 is 0 Å². The van der Waals surface area contributed by atoms with Gasteiger partial charge in [-0.1, -0.05) is 6.92 Å². The summed E-state index contributed by atoms with van der Waals surface area (Å²) in [5.74, 6) is 2.08. The Balaban J connectivity index is 1.49. The molecule has 0 amide bonds. The van der Waals surface area contributed by atoms with E-state index in [0.717, 1.165) is 55.3 Å². The summed E-state index contributed by atoms with van der Waals surface area (Å²) < 4.78 is 7.77. The Morgan fingerprint density at radius 1 is 1.38 bits per heavy atom. The first-order valence-corrected chi connectivity index (χ1v) is 8.40. The summed E-state index contributed by atoms with van der Waals surface area (Å²) in [6.07, 6.45) is 6.85. The number of hydrogen-bond donors (Lipinski definition) is 2. The van der Waals surface area contributed by atoms with Gasteiger partial charge in [-0.2, -0.15) is 9.61 Å². The Hall–Kier alpha value is -2.48. The second kappa shape index (κ2) is 6.56. The first-order valence-electron chi connectivity index (χ1n) is 8.40. The molecular formula is C16H21N7O. The molecule has 126 valence electrons. The van der Waals surface area contributed by atoms with Crippen LogP contribution in [0.15, 0.2) is 24.5 Å². The Bertz CT molecular complexity index is 798. The molecule has 0 aliphatic carbocycles. The highest BCUT2D eigenvalue weighted by molar-refractivity contribution is 5.44. The SMILES string of the molecule is CCc1nnc2ccc(NC[C@@H]3CCCO[C@H]3c3cn[nH]c3)nn12. The van der Waals surface area contributed by atoms with Crippen LogP contribution in [-0.4, -0.2) is 43.2 Å². The van der Waals surface area contributed by atoms with Crippen molar-refractivity contribution in [3.8, 4) is 0 Å². The van der Waals surface area contributed by atoms with Crippen molar-refractivity contribution >= 4 is 11.5 Å². The standard InChI is InChI=1S/C16H21N7O/c1-2-14-20-21-15-6-5-13(22-23(14)15)17-8-11-4-3-7-24-16(11)12-9-18-19-10-12/h5-6,9-11,16H,2-4,7-8H2,1H3,(H,17,22)(H,18,19)/t11-,16+/m0/s1. The van der Waals surface area contributed by atoms with Crippen molar-refractivity contribution in [2.45, 2.75) is 32.3 Å². The number of aryl methyl sites for hydroxylation is 1. The van der Waals surface area contributed by atoms with E-state index in [-0.39, 0.29) is 6.10 Å². The Morgan fingerprint density at radius 3 is 3.17 bits per heavy atom. The van der Waals surface area contributed by atoms with Gasteiger partial charge in [0, 0.05) is 37.3 Å². The van der Waals surface area contributed by atoms with Crippen LogP contribution in [0.25, 0.3) is 5.65 Å². The third-order valence-electron chi connectivity index (χ3n) is 4.48. The topological polar surface area (TPSA) is 93.0 Å². The van der Waals surface area contributed by atoms with Crippen molar-refractivity contribution in [1.29, 1.82) is 0 Å². The van der Waals surface area contributed by atoms with Crippen molar-refractivity contribution in [2.24, 2.45) is 5.92 Å². The lowest BCUT2D eigenvalue weighted by molar-refractivity contribution is -0.0238. The zero-order valence-corrected chi connectivity index (χ0v) is 13.6. The minimum absolute atomic E-state index is 0.0786. The molecule has 0 radical (unpaired) electrons. The Labute approximate surface area is 139 Å². The van der Waals surface area contributed by atoms with E-state index in [9.17, 15) is 0 Å². The van der Waals surface area contributed by atoms with Crippen LogP contribution in [0.3, 0.4) is 0 Å². The third kappa shape index (κ3) is 2.84. The van der Waals surface area contributed by atoms with E-state index in [4.69, 9.17) is 4.74 Å². The number of aromatic nitrogens is 6. The number of nitrogens with zero attached hydrogens (tertiary/aromatic N) is 5. The molecule has 4 rings (SSSR count). The lowest BCUT2D eigenvalue weighted by Crippen LogP contribution is -2.28. The van der Waals surface area contributed by atoms with Gasteiger partial charge in [-0.05, 0) is 25.0 Å². The molecule has 3 aromatic rings. The number of rotatable bonds is 5. The van der Waals surface area contributed by atoms with Gasteiger partial charge in [0.25, 0.3) is 0 Å². The van der Waals surface area contributed by atoms with Crippen LogP contribution in [0.1, 0.15) is 37.3 Å². The fraction of sp³-hybridized carbons (Fsp3) is 0.500. The van der Waals surface area contributed by atoms with Gasteiger partial charge in [-0.3, -0.25) is 5.10 Å². The minimum Gasteiger partial charge on any atom is -0.373 e. The van der Waals surface area contributed by atoms with Gasteiger partial charge in [0.15, 0.2) is 11.5 Å². The van der Waals surface area contributed by atoms with Crippen LogP contribution in [0.2, 0.25) is 0 Å². The summed E-state index contributed by atoms with van der Waals surface area (Å²) in [6, 6.07) is 3.88. The van der Waals surface area contributed by atoms with Crippen LogP contribution in [0.4, 0.5) is 5.82 Å². The highest BCUT2D eigenvalue weighted by Crippen LogP contribution is 2.33. The number of nitrogens with one attached hydrogen (secondary N) is 2. The fourth-order valence-corrected chi connectivity index (χ4v) is 3.22. The predicted molar refractivity (Wildman–Crippen MR) is 88.7 cm³/mol. The summed E-state index contributed by atoms with van der Waals surface area (Å²) in [6.45, 7) is 3.65. The molecule has 2 atom stereocenters. The lowest BCUT2D eigenvalue weighted by atomic mass is 9.91. The molecule has 0 unspecified atom stereocenters. The molecule has 4 heterocycles. The van der Waals surface area contributed by atoms with Crippen LogP contribution in [0.5, 0.6) is 0 Å². The maximum Gasteiger partial charge on any atom is 0.178 e. The first-order chi connectivity index (χ1) is 11.8. The summed E-state index contributed by atoms with van der Waals surface area (Å²) in [4.78, 5) is 0. The summed E-state index contributed by atoms with van der Waals surface area (Å²) in [5, 5.41) is 23.2. The van der Waals surface area contributed by atoms with E-state index in [1.807, 2.05) is 31.5 Å². The maximum atomic E-state index is 5.97. The molecule has 8 nitrogen and oxygen atoms in total. The summed E-state index contributed by atoms with van der Waals surface area (Å²) in [7, 11) is 0.